The van der Waals surface area contributed by atoms with Crippen LogP contribution in [0.15, 0.2) is 29.4 Å². The number of imidazole rings is 1. The van der Waals surface area contributed by atoms with E-state index < -0.39 is 0 Å². The zero-order chi connectivity index (χ0) is 17.2. The van der Waals surface area contributed by atoms with Gasteiger partial charge in [-0.2, -0.15) is 0 Å². The fourth-order valence-electron chi connectivity index (χ4n) is 3.78. The summed E-state index contributed by atoms with van der Waals surface area (Å²) in [6.07, 6.45) is 5.47. The number of benzene rings is 1. The van der Waals surface area contributed by atoms with Crippen molar-refractivity contribution in [2.45, 2.75) is 50.4 Å². The number of amides is 1. The smallest absolute Gasteiger partial charge is 0.220 e. The molecule has 0 saturated heterocycles. The van der Waals surface area contributed by atoms with E-state index in [1.165, 1.54) is 37.8 Å². The number of hydrogen-bond donors (Lipinski definition) is 1. The molecule has 25 heavy (non-hydrogen) atoms. The molecule has 2 aliphatic rings. The molecule has 1 fully saturated rings. The number of carbonyl (C=O) groups excluding carboxylic acids is 1. The first kappa shape index (κ1) is 16.6. The predicted molar refractivity (Wildman–Crippen MR) is 96.8 cm³/mol. The van der Waals surface area contributed by atoms with Crippen molar-refractivity contribution >= 4 is 17.7 Å². The zero-order valence-electron chi connectivity index (χ0n) is 14.1. The van der Waals surface area contributed by atoms with Crippen molar-refractivity contribution in [3.05, 3.63) is 35.8 Å². The Bertz CT molecular complexity index is 766. The van der Waals surface area contributed by atoms with Gasteiger partial charge in [-0.05, 0) is 43.0 Å². The maximum Gasteiger partial charge on any atom is 0.220 e. The Hall–Kier alpha value is -1.82. The normalized spacial score (nSPS) is 17.0. The van der Waals surface area contributed by atoms with Crippen LogP contribution in [-0.2, 0) is 17.9 Å². The Kier molecular flexibility index (Phi) is 4.79. The van der Waals surface area contributed by atoms with E-state index in [9.17, 15) is 9.18 Å². The lowest BCUT2D eigenvalue weighted by Gasteiger charge is -2.12. The average Bonchev–Trinajstić information content (AvgIpc) is 3.31. The first-order chi connectivity index (χ1) is 12.2. The van der Waals surface area contributed by atoms with Gasteiger partial charge in [0, 0.05) is 24.3 Å². The Morgan fingerprint density at radius 1 is 1.28 bits per heavy atom. The summed E-state index contributed by atoms with van der Waals surface area (Å²) in [7, 11) is 0. The second-order valence-corrected chi connectivity index (χ2v) is 7.89. The lowest BCUT2D eigenvalue weighted by Crippen LogP contribution is -2.26. The first-order valence-electron chi connectivity index (χ1n) is 8.95. The molecular weight excluding hydrogens is 337 g/mol. The third-order valence-corrected chi connectivity index (χ3v) is 6.06. The highest BCUT2D eigenvalue weighted by molar-refractivity contribution is 7.99. The largest absolute Gasteiger partial charge is 0.350 e. The molecule has 2 heterocycles. The van der Waals surface area contributed by atoms with Gasteiger partial charge in [0.1, 0.15) is 5.82 Å². The maximum atomic E-state index is 13.2. The SMILES string of the molecule is O=C(CC1CCCC1)NCc1c(-c2ccc(F)cc2)nc2n1CCS2. The van der Waals surface area contributed by atoms with Crippen LogP contribution in [0.5, 0.6) is 0 Å². The number of nitrogens with one attached hydrogen (secondary N) is 1. The van der Waals surface area contributed by atoms with E-state index >= 15 is 0 Å². The molecule has 1 N–H and O–H groups in total. The van der Waals surface area contributed by atoms with Crippen molar-refractivity contribution in [2.24, 2.45) is 5.92 Å². The van der Waals surface area contributed by atoms with E-state index in [2.05, 4.69) is 9.88 Å². The molecule has 1 aliphatic heterocycles. The van der Waals surface area contributed by atoms with Crippen molar-refractivity contribution in [3.8, 4) is 11.3 Å². The molecule has 4 rings (SSSR count). The van der Waals surface area contributed by atoms with E-state index in [-0.39, 0.29) is 11.7 Å². The van der Waals surface area contributed by atoms with Crippen molar-refractivity contribution in [1.82, 2.24) is 14.9 Å². The summed E-state index contributed by atoms with van der Waals surface area (Å²) in [5, 5.41) is 4.07. The zero-order valence-corrected chi connectivity index (χ0v) is 14.9. The van der Waals surface area contributed by atoms with Gasteiger partial charge in [0.05, 0.1) is 17.9 Å². The molecule has 2 aromatic rings. The minimum atomic E-state index is -0.253. The monoisotopic (exact) mass is 359 g/mol. The topological polar surface area (TPSA) is 46.9 Å². The molecule has 1 aromatic heterocycles. The van der Waals surface area contributed by atoms with Crippen molar-refractivity contribution in [2.75, 3.05) is 5.75 Å². The fourth-order valence-corrected chi connectivity index (χ4v) is 4.75. The Morgan fingerprint density at radius 2 is 2.04 bits per heavy atom. The quantitative estimate of drug-likeness (QED) is 0.878. The first-order valence-corrected chi connectivity index (χ1v) is 9.94. The van der Waals surface area contributed by atoms with E-state index in [0.717, 1.165) is 34.4 Å². The van der Waals surface area contributed by atoms with E-state index in [4.69, 9.17) is 4.98 Å². The molecule has 0 radical (unpaired) electrons. The van der Waals surface area contributed by atoms with Gasteiger partial charge in [0.2, 0.25) is 5.91 Å². The Morgan fingerprint density at radius 3 is 2.80 bits per heavy atom. The molecular formula is C19H22FN3OS. The number of carbonyl (C=O) groups is 1. The second kappa shape index (κ2) is 7.20. The van der Waals surface area contributed by atoms with Crippen LogP contribution in [-0.4, -0.2) is 21.2 Å². The van der Waals surface area contributed by atoms with Crippen molar-refractivity contribution < 1.29 is 9.18 Å². The van der Waals surface area contributed by atoms with E-state index in [1.807, 2.05) is 0 Å². The summed E-state index contributed by atoms with van der Waals surface area (Å²) >= 11 is 1.73. The third-order valence-electron chi connectivity index (χ3n) is 5.10. The van der Waals surface area contributed by atoms with Crippen LogP contribution in [0.3, 0.4) is 0 Å². The molecule has 1 aromatic carbocycles. The van der Waals surface area contributed by atoms with Crippen LogP contribution in [0, 0.1) is 11.7 Å². The number of nitrogens with zero attached hydrogens (tertiary/aromatic N) is 2. The fraction of sp³-hybridized carbons (Fsp3) is 0.474. The number of rotatable bonds is 5. The minimum absolute atomic E-state index is 0.123. The lowest BCUT2D eigenvalue weighted by atomic mass is 10.0. The standard InChI is InChI=1S/C19H22FN3OS/c20-15-7-5-14(6-8-15)18-16(23-9-10-25-19(23)22-18)12-21-17(24)11-13-3-1-2-4-13/h5-8,13H,1-4,9-12H2,(H,21,24). The molecule has 4 nitrogen and oxygen atoms in total. The molecule has 0 spiro atoms. The molecule has 1 amide bonds. The van der Waals surface area contributed by atoms with Crippen LogP contribution in [0.4, 0.5) is 4.39 Å². The molecule has 132 valence electrons. The molecule has 0 unspecified atom stereocenters. The molecule has 0 atom stereocenters. The van der Waals surface area contributed by atoms with Gasteiger partial charge in [-0.3, -0.25) is 4.79 Å². The van der Waals surface area contributed by atoms with Crippen LogP contribution in [0.1, 0.15) is 37.8 Å². The highest BCUT2D eigenvalue weighted by Gasteiger charge is 2.24. The molecule has 0 bridgehead atoms. The lowest BCUT2D eigenvalue weighted by molar-refractivity contribution is -0.122. The highest BCUT2D eigenvalue weighted by Crippen LogP contribution is 2.33. The van der Waals surface area contributed by atoms with Crippen LogP contribution in [0.2, 0.25) is 0 Å². The summed E-state index contributed by atoms with van der Waals surface area (Å²) in [5.41, 5.74) is 2.76. The van der Waals surface area contributed by atoms with E-state index in [1.54, 1.807) is 23.9 Å². The van der Waals surface area contributed by atoms with E-state index in [0.29, 0.717) is 18.9 Å². The summed E-state index contributed by atoms with van der Waals surface area (Å²) in [4.78, 5) is 17.0. The summed E-state index contributed by atoms with van der Waals surface area (Å²) in [6.45, 7) is 1.38. The van der Waals surface area contributed by atoms with Crippen molar-refractivity contribution in [1.29, 1.82) is 0 Å². The maximum absolute atomic E-state index is 13.2. The third kappa shape index (κ3) is 3.59. The number of aromatic nitrogens is 2. The highest BCUT2D eigenvalue weighted by atomic mass is 32.2. The van der Waals surface area contributed by atoms with Crippen LogP contribution < -0.4 is 5.32 Å². The average molecular weight is 359 g/mol. The Labute approximate surface area is 151 Å². The Balaban J connectivity index is 1.51. The number of thioether (sulfide) groups is 1. The minimum Gasteiger partial charge on any atom is -0.350 e. The number of halogens is 1. The number of hydrogen-bond acceptors (Lipinski definition) is 3. The van der Waals surface area contributed by atoms with Gasteiger partial charge in [0.25, 0.3) is 0 Å². The van der Waals surface area contributed by atoms with Crippen molar-refractivity contribution in [3.63, 3.8) is 0 Å². The summed E-state index contributed by atoms with van der Waals surface area (Å²) in [6, 6.07) is 6.41. The van der Waals surface area contributed by atoms with Gasteiger partial charge < -0.3 is 9.88 Å². The van der Waals surface area contributed by atoms with Gasteiger partial charge >= 0.3 is 0 Å². The van der Waals surface area contributed by atoms with Gasteiger partial charge in [-0.15, -0.1) is 0 Å². The van der Waals surface area contributed by atoms with Gasteiger partial charge in [-0.25, -0.2) is 9.37 Å². The molecule has 1 saturated carbocycles. The van der Waals surface area contributed by atoms with Gasteiger partial charge in [0.15, 0.2) is 5.16 Å². The molecule has 6 heteroatoms. The predicted octanol–water partition coefficient (Wildman–Crippen LogP) is 3.99. The van der Waals surface area contributed by atoms with Gasteiger partial charge in [-0.1, -0.05) is 24.6 Å². The summed E-state index contributed by atoms with van der Waals surface area (Å²) < 4.78 is 15.4. The molecule has 1 aliphatic carbocycles. The summed E-state index contributed by atoms with van der Waals surface area (Å²) in [5.74, 6) is 1.42. The van der Waals surface area contributed by atoms with Crippen LogP contribution >= 0.6 is 11.8 Å². The number of fused-ring (bicyclic) bond motifs is 1. The second-order valence-electron chi connectivity index (χ2n) is 6.83. The van der Waals surface area contributed by atoms with Crippen LogP contribution in [0.25, 0.3) is 11.3 Å².